The van der Waals surface area contributed by atoms with Gasteiger partial charge in [-0.05, 0) is 63.0 Å². The molecule has 2 fully saturated rings. The molecule has 2 aliphatic heterocycles. The van der Waals surface area contributed by atoms with Gasteiger partial charge in [-0.2, -0.15) is 8.78 Å². The summed E-state index contributed by atoms with van der Waals surface area (Å²) in [4.78, 5) is 27.7. The monoisotopic (exact) mass is 404 g/mol. The number of carbonyl (C=O) groups excluding carboxylic acids is 1. The van der Waals surface area contributed by atoms with Crippen molar-refractivity contribution in [3.05, 3.63) is 24.3 Å². The van der Waals surface area contributed by atoms with Crippen LogP contribution in [0.25, 0.3) is 0 Å². The number of carboxylic acid groups (broad SMARTS) is 1. The third-order valence-corrected chi connectivity index (χ3v) is 5.10. The molecule has 1 aromatic carbocycles. The van der Waals surface area contributed by atoms with Crippen LogP contribution in [-0.2, 0) is 9.59 Å². The molecular formula is C18H23ClF2N2O4. The number of rotatable bonds is 5. The average molecular weight is 405 g/mol. The number of alkyl halides is 2. The van der Waals surface area contributed by atoms with Gasteiger partial charge in [0, 0.05) is 12.2 Å². The fourth-order valence-corrected chi connectivity index (χ4v) is 3.72. The summed E-state index contributed by atoms with van der Waals surface area (Å²) in [6, 6.07) is 5.81. The van der Waals surface area contributed by atoms with Crippen LogP contribution >= 0.6 is 12.4 Å². The number of carboxylic acids is 1. The molecule has 0 bridgehead atoms. The van der Waals surface area contributed by atoms with E-state index in [9.17, 15) is 18.4 Å². The molecule has 1 unspecified atom stereocenters. The Hall–Kier alpha value is -1.93. The molecule has 1 N–H and O–H groups in total. The number of nitrogens with zero attached hydrogens (tertiary/aromatic N) is 2. The van der Waals surface area contributed by atoms with E-state index in [4.69, 9.17) is 5.11 Å². The molecule has 150 valence electrons. The molecule has 2 saturated heterocycles. The number of halogens is 3. The molecule has 6 nitrogen and oxygen atoms in total. The number of ether oxygens (including phenoxy) is 1. The summed E-state index contributed by atoms with van der Waals surface area (Å²) >= 11 is 0. The highest BCUT2D eigenvalue weighted by atomic mass is 35.5. The van der Waals surface area contributed by atoms with E-state index in [-0.39, 0.29) is 36.0 Å². The van der Waals surface area contributed by atoms with E-state index >= 15 is 0 Å². The van der Waals surface area contributed by atoms with Crippen LogP contribution in [0.15, 0.2) is 24.3 Å². The van der Waals surface area contributed by atoms with Gasteiger partial charge >= 0.3 is 12.6 Å². The number of amides is 1. The minimum atomic E-state index is -2.88. The highest BCUT2D eigenvalue weighted by Gasteiger charge is 2.36. The van der Waals surface area contributed by atoms with E-state index in [0.29, 0.717) is 38.2 Å². The van der Waals surface area contributed by atoms with E-state index in [1.165, 1.54) is 12.1 Å². The first-order chi connectivity index (χ1) is 12.5. The van der Waals surface area contributed by atoms with Gasteiger partial charge in [-0.25, -0.2) is 0 Å². The van der Waals surface area contributed by atoms with Gasteiger partial charge in [0.25, 0.3) is 0 Å². The molecule has 0 radical (unpaired) electrons. The summed E-state index contributed by atoms with van der Waals surface area (Å²) in [5.41, 5.74) is 0.654. The van der Waals surface area contributed by atoms with Crippen molar-refractivity contribution < 1.29 is 28.2 Å². The number of piperidine rings is 2. The normalized spacial score (nSPS) is 21.8. The first-order valence-electron chi connectivity index (χ1n) is 8.79. The van der Waals surface area contributed by atoms with Crippen molar-refractivity contribution in [2.45, 2.75) is 38.3 Å². The first-order valence-corrected chi connectivity index (χ1v) is 8.79. The SMILES string of the molecule is Cl.O=C(O)C1CCN(C2CCCN(c3ccc(OC(F)F)cc3)C2=O)CC1. The lowest BCUT2D eigenvalue weighted by atomic mass is 9.93. The molecule has 0 aliphatic carbocycles. The number of aliphatic carboxylic acids is 1. The van der Waals surface area contributed by atoms with E-state index < -0.39 is 12.6 Å². The number of benzene rings is 1. The Morgan fingerprint density at radius 3 is 2.30 bits per heavy atom. The second kappa shape index (κ2) is 9.32. The highest BCUT2D eigenvalue weighted by molar-refractivity contribution is 5.98. The van der Waals surface area contributed by atoms with Crippen LogP contribution in [-0.4, -0.2) is 54.2 Å². The van der Waals surface area contributed by atoms with Crippen LogP contribution in [0.1, 0.15) is 25.7 Å². The molecule has 2 heterocycles. The lowest BCUT2D eigenvalue weighted by Crippen LogP contribution is -2.54. The van der Waals surface area contributed by atoms with Gasteiger partial charge in [-0.3, -0.25) is 14.5 Å². The Bertz CT molecular complexity index is 651. The van der Waals surface area contributed by atoms with Crippen molar-refractivity contribution >= 4 is 30.0 Å². The summed E-state index contributed by atoms with van der Waals surface area (Å²) in [7, 11) is 0. The Morgan fingerprint density at radius 2 is 1.74 bits per heavy atom. The lowest BCUT2D eigenvalue weighted by molar-refractivity contribution is -0.143. The number of likely N-dealkylation sites (tertiary alicyclic amines) is 1. The largest absolute Gasteiger partial charge is 0.481 e. The number of hydrogen-bond donors (Lipinski definition) is 1. The third kappa shape index (κ3) is 5.07. The Kier molecular flexibility index (Phi) is 7.38. The van der Waals surface area contributed by atoms with Crippen LogP contribution in [0.2, 0.25) is 0 Å². The molecule has 27 heavy (non-hydrogen) atoms. The predicted octanol–water partition coefficient (Wildman–Crippen LogP) is 3.00. The fraction of sp³-hybridized carbons (Fsp3) is 0.556. The van der Waals surface area contributed by atoms with Gasteiger partial charge in [0.15, 0.2) is 0 Å². The minimum absolute atomic E-state index is 0. The molecule has 1 amide bonds. The van der Waals surface area contributed by atoms with Crippen molar-refractivity contribution in [2.75, 3.05) is 24.5 Å². The lowest BCUT2D eigenvalue weighted by Gasteiger charge is -2.41. The van der Waals surface area contributed by atoms with Crippen LogP contribution in [0.3, 0.4) is 0 Å². The molecule has 0 spiro atoms. The van der Waals surface area contributed by atoms with E-state index in [1.54, 1.807) is 17.0 Å². The van der Waals surface area contributed by atoms with Gasteiger partial charge in [0.05, 0.1) is 12.0 Å². The van der Waals surface area contributed by atoms with Crippen LogP contribution in [0.4, 0.5) is 14.5 Å². The topological polar surface area (TPSA) is 70.1 Å². The molecule has 2 aliphatic rings. The molecule has 1 aromatic rings. The Morgan fingerprint density at radius 1 is 1.11 bits per heavy atom. The number of anilines is 1. The van der Waals surface area contributed by atoms with Gasteiger partial charge in [0.2, 0.25) is 5.91 Å². The molecule has 0 saturated carbocycles. The average Bonchev–Trinajstić information content (AvgIpc) is 2.62. The smallest absolute Gasteiger partial charge is 0.387 e. The maximum absolute atomic E-state index is 12.9. The van der Waals surface area contributed by atoms with Gasteiger partial charge in [-0.15, -0.1) is 12.4 Å². The zero-order valence-electron chi connectivity index (χ0n) is 14.7. The summed E-state index contributed by atoms with van der Waals surface area (Å²) in [5, 5.41) is 9.10. The van der Waals surface area contributed by atoms with Crippen molar-refractivity contribution in [3.8, 4) is 5.75 Å². The van der Waals surface area contributed by atoms with Crippen LogP contribution < -0.4 is 9.64 Å². The maximum atomic E-state index is 12.9. The minimum Gasteiger partial charge on any atom is -0.481 e. The van der Waals surface area contributed by atoms with Gasteiger partial charge < -0.3 is 14.7 Å². The Labute approximate surface area is 162 Å². The second-order valence-corrected chi connectivity index (χ2v) is 6.67. The third-order valence-electron chi connectivity index (χ3n) is 5.10. The Balaban J connectivity index is 0.00000261. The number of hydrogen-bond acceptors (Lipinski definition) is 4. The van der Waals surface area contributed by atoms with E-state index in [2.05, 4.69) is 9.64 Å². The van der Waals surface area contributed by atoms with Crippen molar-refractivity contribution in [3.63, 3.8) is 0 Å². The molecule has 1 atom stereocenters. The fourth-order valence-electron chi connectivity index (χ4n) is 3.72. The van der Waals surface area contributed by atoms with Gasteiger partial charge in [0.1, 0.15) is 5.75 Å². The summed E-state index contributed by atoms with van der Waals surface area (Å²) in [6.07, 6.45) is 2.70. The van der Waals surface area contributed by atoms with Crippen LogP contribution in [0.5, 0.6) is 5.75 Å². The molecule has 3 rings (SSSR count). The second-order valence-electron chi connectivity index (χ2n) is 6.67. The first kappa shape index (κ1) is 21.4. The van der Waals surface area contributed by atoms with Crippen LogP contribution in [0, 0.1) is 5.92 Å². The van der Waals surface area contributed by atoms with E-state index in [0.717, 1.165) is 12.8 Å². The van der Waals surface area contributed by atoms with Crippen molar-refractivity contribution in [1.82, 2.24) is 4.90 Å². The van der Waals surface area contributed by atoms with Gasteiger partial charge in [-0.1, -0.05) is 0 Å². The maximum Gasteiger partial charge on any atom is 0.387 e. The summed E-state index contributed by atoms with van der Waals surface area (Å²) in [6.45, 7) is -1.10. The zero-order chi connectivity index (χ0) is 18.7. The molecule has 0 aromatic heterocycles. The van der Waals surface area contributed by atoms with Crippen molar-refractivity contribution in [2.24, 2.45) is 5.92 Å². The zero-order valence-corrected chi connectivity index (χ0v) is 15.5. The van der Waals surface area contributed by atoms with Crippen molar-refractivity contribution in [1.29, 1.82) is 0 Å². The molecule has 9 heteroatoms. The standard InChI is InChI=1S/C18H22F2N2O4.ClH/c19-18(20)26-14-5-3-13(4-6-14)22-9-1-2-15(16(22)23)21-10-7-12(8-11-21)17(24)25;/h3-6,12,15,18H,1-2,7-11H2,(H,24,25);1H. The number of carbonyl (C=O) groups is 2. The van der Waals surface area contributed by atoms with E-state index in [1.807, 2.05) is 0 Å². The molecular weight excluding hydrogens is 382 g/mol. The predicted molar refractivity (Wildman–Crippen MR) is 97.6 cm³/mol. The summed E-state index contributed by atoms with van der Waals surface area (Å²) < 4.78 is 28.8. The summed E-state index contributed by atoms with van der Waals surface area (Å²) in [5.74, 6) is -1.07. The quantitative estimate of drug-likeness (QED) is 0.817. The highest BCUT2D eigenvalue weighted by Crippen LogP contribution is 2.28.